The normalized spacial score (nSPS) is 11.9. The fraction of sp³-hybridized carbons (Fsp3) is 0.889. The molecule has 0 aliphatic carbocycles. The van der Waals surface area contributed by atoms with Crippen LogP contribution in [0.15, 0.2) is 0 Å². The number of hydrogen-bond acceptors (Lipinski definition) is 1. The monoisotopic (exact) mass is 245 g/mol. The second kappa shape index (κ2) is 6.20. The second-order valence-corrected chi connectivity index (χ2v) is 4.10. The molecule has 0 saturated carbocycles. The molecule has 0 aliphatic heterocycles. The molecule has 0 unspecified atom stereocenters. The van der Waals surface area contributed by atoms with E-state index in [1.54, 1.807) is 13.8 Å². The zero-order valence-corrected chi connectivity index (χ0v) is 9.53. The average Bonchev–Trinajstić information content (AvgIpc) is 1.99. The summed E-state index contributed by atoms with van der Waals surface area (Å²) < 4.78 is 36.4. The van der Waals surface area contributed by atoms with Crippen molar-refractivity contribution in [2.75, 3.05) is 19.0 Å². The van der Waals surface area contributed by atoms with Gasteiger partial charge in [0.2, 0.25) is 5.91 Å². The van der Waals surface area contributed by atoms with Gasteiger partial charge in [-0.3, -0.25) is 4.79 Å². The van der Waals surface area contributed by atoms with Gasteiger partial charge in [0.25, 0.3) is 0 Å². The van der Waals surface area contributed by atoms with Crippen molar-refractivity contribution in [3.8, 4) is 0 Å². The molecule has 0 aliphatic rings. The molecule has 15 heavy (non-hydrogen) atoms. The molecular weight excluding hydrogens is 231 g/mol. The first-order chi connectivity index (χ1) is 6.76. The van der Waals surface area contributed by atoms with E-state index in [9.17, 15) is 18.0 Å². The Bertz CT molecular complexity index is 206. The molecular formula is C9H15ClF3NO. The third-order valence-corrected chi connectivity index (χ3v) is 1.81. The number of hydrogen-bond donors (Lipinski definition) is 0. The molecule has 2 nitrogen and oxygen atoms in total. The van der Waals surface area contributed by atoms with Crippen LogP contribution in [-0.4, -0.2) is 36.0 Å². The fourth-order valence-electron chi connectivity index (χ4n) is 1.15. The molecule has 0 aromatic heterocycles. The topological polar surface area (TPSA) is 20.3 Å². The minimum atomic E-state index is -4.35. The third-order valence-electron chi connectivity index (χ3n) is 1.62. The van der Waals surface area contributed by atoms with Crippen LogP contribution in [0.3, 0.4) is 0 Å². The Morgan fingerprint density at radius 1 is 1.40 bits per heavy atom. The number of carbonyl (C=O) groups excluding carboxylic acids is 1. The van der Waals surface area contributed by atoms with Gasteiger partial charge in [0.15, 0.2) is 0 Å². The van der Waals surface area contributed by atoms with Gasteiger partial charge in [-0.15, -0.1) is 11.6 Å². The van der Waals surface area contributed by atoms with Crippen LogP contribution in [0.25, 0.3) is 0 Å². The van der Waals surface area contributed by atoms with Gasteiger partial charge in [-0.2, -0.15) is 13.2 Å². The molecule has 0 aromatic rings. The first-order valence-electron chi connectivity index (χ1n) is 4.66. The van der Waals surface area contributed by atoms with Gasteiger partial charge in [0.05, 0.1) is 0 Å². The Balaban J connectivity index is 4.37. The number of amides is 1. The molecule has 0 rings (SSSR count). The molecule has 0 N–H and O–H groups in total. The SMILES string of the molecule is CC(C)CN(CC(F)(F)F)C(=O)CCCl. The fourth-order valence-corrected chi connectivity index (χ4v) is 1.31. The van der Waals surface area contributed by atoms with Crippen LogP contribution >= 0.6 is 11.6 Å². The lowest BCUT2D eigenvalue weighted by atomic mass is 10.2. The van der Waals surface area contributed by atoms with Gasteiger partial charge in [0, 0.05) is 18.8 Å². The number of carbonyl (C=O) groups is 1. The maximum Gasteiger partial charge on any atom is 0.406 e. The van der Waals surface area contributed by atoms with Crippen LogP contribution in [-0.2, 0) is 4.79 Å². The van der Waals surface area contributed by atoms with Crippen molar-refractivity contribution in [2.24, 2.45) is 5.92 Å². The largest absolute Gasteiger partial charge is 0.406 e. The van der Waals surface area contributed by atoms with Crippen LogP contribution in [0.2, 0.25) is 0 Å². The van der Waals surface area contributed by atoms with Gasteiger partial charge >= 0.3 is 6.18 Å². The number of halogens is 4. The zero-order valence-electron chi connectivity index (χ0n) is 8.77. The molecule has 0 radical (unpaired) electrons. The third kappa shape index (κ3) is 7.48. The van der Waals surface area contributed by atoms with Crippen molar-refractivity contribution in [2.45, 2.75) is 26.4 Å². The highest BCUT2D eigenvalue weighted by atomic mass is 35.5. The smallest absolute Gasteiger partial charge is 0.333 e. The number of rotatable bonds is 5. The molecule has 0 fully saturated rings. The van der Waals surface area contributed by atoms with Crippen LogP contribution in [0.1, 0.15) is 20.3 Å². The first-order valence-corrected chi connectivity index (χ1v) is 5.20. The van der Waals surface area contributed by atoms with Crippen molar-refractivity contribution in [1.82, 2.24) is 4.90 Å². The summed E-state index contributed by atoms with van der Waals surface area (Å²) in [5, 5.41) is 0. The van der Waals surface area contributed by atoms with Gasteiger partial charge < -0.3 is 4.90 Å². The predicted octanol–water partition coefficient (Wildman–Crippen LogP) is 2.66. The van der Waals surface area contributed by atoms with Gasteiger partial charge in [0.1, 0.15) is 6.54 Å². The van der Waals surface area contributed by atoms with E-state index in [1.807, 2.05) is 0 Å². The maximum absolute atomic E-state index is 12.1. The zero-order chi connectivity index (χ0) is 12.1. The molecule has 6 heteroatoms. The molecule has 90 valence electrons. The summed E-state index contributed by atoms with van der Waals surface area (Å²) in [7, 11) is 0. The molecule has 0 atom stereocenters. The highest BCUT2D eigenvalue weighted by molar-refractivity contribution is 6.18. The molecule has 0 heterocycles. The summed E-state index contributed by atoms with van der Waals surface area (Å²) in [5.74, 6) is -0.492. The Kier molecular flexibility index (Phi) is 6.02. The van der Waals surface area contributed by atoms with Crippen molar-refractivity contribution in [1.29, 1.82) is 0 Å². The van der Waals surface area contributed by atoms with Gasteiger partial charge in [-0.05, 0) is 5.92 Å². The summed E-state index contributed by atoms with van der Waals surface area (Å²) in [5.41, 5.74) is 0. The van der Waals surface area contributed by atoms with E-state index in [-0.39, 0.29) is 24.8 Å². The van der Waals surface area contributed by atoms with Crippen molar-refractivity contribution < 1.29 is 18.0 Å². The lowest BCUT2D eigenvalue weighted by Crippen LogP contribution is -2.41. The summed E-state index contributed by atoms with van der Waals surface area (Å²) in [6.45, 7) is 2.44. The summed E-state index contributed by atoms with van der Waals surface area (Å²) in [6.07, 6.45) is -4.40. The highest BCUT2D eigenvalue weighted by Gasteiger charge is 2.32. The molecule has 1 amide bonds. The van der Waals surface area contributed by atoms with Crippen LogP contribution in [0.5, 0.6) is 0 Å². The quantitative estimate of drug-likeness (QED) is 0.682. The average molecular weight is 246 g/mol. The molecule has 0 saturated heterocycles. The van der Waals surface area contributed by atoms with E-state index in [4.69, 9.17) is 11.6 Å². The standard InChI is InChI=1S/C9H15ClF3NO/c1-7(2)5-14(6-9(11,12)13)8(15)3-4-10/h7H,3-6H2,1-2H3. The number of nitrogens with zero attached hydrogens (tertiary/aromatic N) is 1. The van der Waals surface area contributed by atoms with E-state index in [0.717, 1.165) is 4.90 Å². The van der Waals surface area contributed by atoms with Crippen molar-refractivity contribution >= 4 is 17.5 Å². The summed E-state index contributed by atoms with van der Waals surface area (Å²) >= 11 is 5.32. The maximum atomic E-state index is 12.1. The van der Waals surface area contributed by atoms with Crippen LogP contribution < -0.4 is 0 Å². The molecule has 0 bridgehead atoms. The second-order valence-electron chi connectivity index (χ2n) is 3.72. The van der Waals surface area contributed by atoms with E-state index < -0.39 is 18.6 Å². The summed E-state index contributed by atoms with van der Waals surface area (Å²) in [4.78, 5) is 12.1. The van der Waals surface area contributed by atoms with E-state index in [1.165, 1.54) is 0 Å². The lowest BCUT2D eigenvalue weighted by Gasteiger charge is -2.25. The Hall–Kier alpha value is -0.450. The molecule has 0 spiro atoms. The van der Waals surface area contributed by atoms with Crippen molar-refractivity contribution in [3.63, 3.8) is 0 Å². The Morgan fingerprint density at radius 3 is 2.27 bits per heavy atom. The lowest BCUT2D eigenvalue weighted by molar-refractivity contribution is -0.161. The first kappa shape index (κ1) is 14.6. The van der Waals surface area contributed by atoms with Crippen molar-refractivity contribution in [3.05, 3.63) is 0 Å². The van der Waals surface area contributed by atoms with Gasteiger partial charge in [-0.1, -0.05) is 13.8 Å². The van der Waals surface area contributed by atoms with E-state index in [2.05, 4.69) is 0 Å². The summed E-state index contributed by atoms with van der Waals surface area (Å²) in [6, 6.07) is 0. The van der Waals surface area contributed by atoms with Gasteiger partial charge in [-0.25, -0.2) is 0 Å². The number of alkyl halides is 4. The van der Waals surface area contributed by atoms with E-state index >= 15 is 0 Å². The van der Waals surface area contributed by atoms with Crippen LogP contribution in [0.4, 0.5) is 13.2 Å². The van der Waals surface area contributed by atoms with Crippen LogP contribution in [0, 0.1) is 5.92 Å². The predicted molar refractivity (Wildman–Crippen MR) is 52.8 cm³/mol. The molecule has 0 aromatic carbocycles. The van der Waals surface area contributed by atoms with E-state index in [0.29, 0.717) is 0 Å². The minimum absolute atomic E-state index is 0.00613. The minimum Gasteiger partial charge on any atom is -0.333 e. The highest BCUT2D eigenvalue weighted by Crippen LogP contribution is 2.18. The Labute approximate surface area is 92.4 Å². The Morgan fingerprint density at radius 2 is 1.93 bits per heavy atom.